The molecule has 18 heavy (non-hydrogen) atoms. The van der Waals surface area contributed by atoms with Gasteiger partial charge in [0.15, 0.2) is 0 Å². The lowest BCUT2D eigenvalue weighted by Crippen LogP contribution is -2.36. The van der Waals surface area contributed by atoms with Crippen molar-refractivity contribution in [3.05, 3.63) is 35.4 Å². The fourth-order valence-corrected chi connectivity index (χ4v) is 2.68. The molecule has 0 radical (unpaired) electrons. The molecular weight excluding hydrogens is 222 g/mol. The molecule has 0 bridgehead atoms. The topological polar surface area (TPSA) is 20.3 Å². The van der Waals surface area contributed by atoms with Crippen molar-refractivity contribution in [2.45, 2.75) is 45.4 Å². The molecule has 1 aromatic rings. The van der Waals surface area contributed by atoms with E-state index in [9.17, 15) is 4.79 Å². The van der Waals surface area contributed by atoms with Gasteiger partial charge in [0.25, 0.3) is 0 Å². The van der Waals surface area contributed by atoms with Crippen molar-refractivity contribution >= 4 is 5.91 Å². The van der Waals surface area contributed by atoms with E-state index in [1.54, 1.807) is 6.92 Å². The quantitative estimate of drug-likeness (QED) is 0.780. The van der Waals surface area contributed by atoms with Crippen LogP contribution in [0.1, 0.15) is 56.6 Å². The number of piperidine rings is 1. The van der Waals surface area contributed by atoms with Crippen LogP contribution in [-0.2, 0) is 4.79 Å². The van der Waals surface area contributed by atoms with Gasteiger partial charge >= 0.3 is 0 Å². The van der Waals surface area contributed by atoms with Crippen molar-refractivity contribution in [2.75, 3.05) is 13.1 Å². The molecule has 1 heterocycles. The first-order chi connectivity index (χ1) is 8.58. The lowest BCUT2D eigenvalue weighted by atomic mass is 9.88. The monoisotopic (exact) mass is 245 g/mol. The minimum Gasteiger partial charge on any atom is -0.343 e. The van der Waals surface area contributed by atoms with Gasteiger partial charge in [0.2, 0.25) is 5.91 Å². The molecule has 98 valence electrons. The zero-order valence-electron chi connectivity index (χ0n) is 11.6. The predicted octanol–water partition coefficient (Wildman–Crippen LogP) is 3.54. The van der Waals surface area contributed by atoms with Gasteiger partial charge in [0, 0.05) is 20.0 Å². The molecule has 1 amide bonds. The molecule has 0 unspecified atom stereocenters. The SMILES string of the molecule is CC(=O)N1CCC(c2ccc(C(C)C)cc2)CC1. The summed E-state index contributed by atoms with van der Waals surface area (Å²) < 4.78 is 0. The first-order valence-electron chi connectivity index (χ1n) is 6.93. The van der Waals surface area contributed by atoms with E-state index in [1.807, 2.05) is 4.90 Å². The third-order valence-corrected chi connectivity index (χ3v) is 4.01. The van der Waals surface area contributed by atoms with Gasteiger partial charge in [0.05, 0.1) is 0 Å². The Morgan fingerprint density at radius 2 is 1.72 bits per heavy atom. The lowest BCUT2D eigenvalue weighted by Gasteiger charge is -2.31. The van der Waals surface area contributed by atoms with Gasteiger partial charge in [0.1, 0.15) is 0 Å². The summed E-state index contributed by atoms with van der Waals surface area (Å²) in [5.41, 5.74) is 2.84. The molecule has 1 aliphatic rings. The number of likely N-dealkylation sites (tertiary alicyclic amines) is 1. The summed E-state index contributed by atoms with van der Waals surface area (Å²) in [7, 11) is 0. The largest absolute Gasteiger partial charge is 0.343 e. The van der Waals surface area contributed by atoms with E-state index in [2.05, 4.69) is 38.1 Å². The number of benzene rings is 1. The zero-order chi connectivity index (χ0) is 13.1. The average molecular weight is 245 g/mol. The van der Waals surface area contributed by atoms with Crippen LogP contribution >= 0.6 is 0 Å². The van der Waals surface area contributed by atoms with Crippen molar-refractivity contribution in [2.24, 2.45) is 0 Å². The van der Waals surface area contributed by atoms with Crippen LogP contribution in [0.5, 0.6) is 0 Å². The Labute approximate surface area is 110 Å². The molecule has 1 saturated heterocycles. The van der Waals surface area contributed by atoms with E-state index in [-0.39, 0.29) is 5.91 Å². The molecule has 1 fully saturated rings. The van der Waals surface area contributed by atoms with Crippen LogP contribution in [0, 0.1) is 0 Å². The standard InChI is InChI=1S/C16H23NO/c1-12(2)14-4-6-15(7-5-14)16-8-10-17(11-9-16)13(3)18/h4-7,12,16H,8-11H2,1-3H3. The molecule has 0 atom stereocenters. The molecular formula is C16H23NO. The maximum atomic E-state index is 11.3. The van der Waals surface area contributed by atoms with Gasteiger partial charge in [-0.25, -0.2) is 0 Å². The molecule has 0 aromatic heterocycles. The van der Waals surface area contributed by atoms with Crippen LogP contribution in [0.3, 0.4) is 0 Å². The first-order valence-corrected chi connectivity index (χ1v) is 6.93. The third-order valence-electron chi connectivity index (χ3n) is 4.01. The van der Waals surface area contributed by atoms with Gasteiger partial charge < -0.3 is 4.90 Å². The highest BCUT2D eigenvalue weighted by atomic mass is 16.2. The Bertz CT molecular complexity index is 400. The highest BCUT2D eigenvalue weighted by Crippen LogP contribution is 2.29. The first kappa shape index (κ1) is 13.1. The molecule has 0 spiro atoms. The highest BCUT2D eigenvalue weighted by Gasteiger charge is 2.21. The predicted molar refractivity (Wildman–Crippen MR) is 74.8 cm³/mol. The molecule has 0 aliphatic carbocycles. The van der Waals surface area contributed by atoms with E-state index in [1.165, 1.54) is 11.1 Å². The van der Waals surface area contributed by atoms with Crippen molar-refractivity contribution < 1.29 is 4.79 Å². The fourth-order valence-electron chi connectivity index (χ4n) is 2.68. The number of carbonyl (C=O) groups is 1. The van der Waals surface area contributed by atoms with E-state index in [0.717, 1.165) is 25.9 Å². The van der Waals surface area contributed by atoms with Gasteiger partial charge in [-0.05, 0) is 35.8 Å². The number of hydrogen-bond acceptors (Lipinski definition) is 1. The van der Waals surface area contributed by atoms with Crippen LogP contribution in [0.15, 0.2) is 24.3 Å². The van der Waals surface area contributed by atoms with Gasteiger partial charge in [-0.2, -0.15) is 0 Å². The summed E-state index contributed by atoms with van der Waals surface area (Å²) in [6, 6.07) is 9.03. The Morgan fingerprint density at radius 3 is 2.17 bits per heavy atom. The van der Waals surface area contributed by atoms with E-state index in [4.69, 9.17) is 0 Å². The van der Waals surface area contributed by atoms with E-state index < -0.39 is 0 Å². The van der Waals surface area contributed by atoms with Crippen LogP contribution in [-0.4, -0.2) is 23.9 Å². The van der Waals surface area contributed by atoms with Crippen molar-refractivity contribution in [1.29, 1.82) is 0 Å². The summed E-state index contributed by atoms with van der Waals surface area (Å²) >= 11 is 0. The smallest absolute Gasteiger partial charge is 0.219 e. The maximum absolute atomic E-state index is 11.3. The second-order valence-electron chi connectivity index (χ2n) is 5.60. The fraction of sp³-hybridized carbons (Fsp3) is 0.562. The number of carbonyl (C=O) groups excluding carboxylic acids is 1. The van der Waals surface area contributed by atoms with Gasteiger partial charge in [-0.15, -0.1) is 0 Å². The molecule has 0 N–H and O–H groups in total. The average Bonchev–Trinajstić information content (AvgIpc) is 2.39. The minimum atomic E-state index is 0.212. The Hall–Kier alpha value is -1.31. The third kappa shape index (κ3) is 2.92. The van der Waals surface area contributed by atoms with E-state index >= 15 is 0 Å². The molecule has 1 aromatic carbocycles. The summed E-state index contributed by atoms with van der Waals surface area (Å²) in [4.78, 5) is 13.2. The van der Waals surface area contributed by atoms with Crippen molar-refractivity contribution in [1.82, 2.24) is 4.90 Å². The molecule has 2 rings (SSSR count). The second kappa shape index (κ2) is 5.55. The second-order valence-corrected chi connectivity index (χ2v) is 5.60. The normalized spacial score (nSPS) is 17.2. The molecule has 2 heteroatoms. The van der Waals surface area contributed by atoms with Crippen LogP contribution in [0.25, 0.3) is 0 Å². The number of hydrogen-bond donors (Lipinski definition) is 0. The van der Waals surface area contributed by atoms with E-state index in [0.29, 0.717) is 11.8 Å². The van der Waals surface area contributed by atoms with Gasteiger partial charge in [-0.3, -0.25) is 4.79 Å². The molecule has 0 saturated carbocycles. The van der Waals surface area contributed by atoms with Gasteiger partial charge in [-0.1, -0.05) is 38.1 Å². The minimum absolute atomic E-state index is 0.212. The summed E-state index contributed by atoms with van der Waals surface area (Å²) in [6.07, 6.45) is 2.20. The highest BCUT2D eigenvalue weighted by molar-refractivity contribution is 5.73. The Balaban J connectivity index is 1.99. The molecule has 2 nitrogen and oxygen atoms in total. The van der Waals surface area contributed by atoms with Crippen LogP contribution < -0.4 is 0 Å². The zero-order valence-corrected chi connectivity index (χ0v) is 11.6. The number of nitrogens with zero attached hydrogens (tertiary/aromatic N) is 1. The molecule has 1 aliphatic heterocycles. The van der Waals surface area contributed by atoms with Crippen molar-refractivity contribution in [3.63, 3.8) is 0 Å². The summed E-state index contributed by atoms with van der Waals surface area (Å²) in [5, 5.41) is 0. The van der Waals surface area contributed by atoms with Crippen LogP contribution in [0.2, 0.25) is 0 Å². The Kier molecular flexibility index (Phi) is 4.05. The number of amides is 1. The maximum Gasteiger partial charge on any atom is 0.219 e. The summed E-state index contributed by atoms with van der Waals surface area (Å²) in [6.45, 7) is 7.93. The van der Waals surface area contributed by atoms with Crippen LogP contribution in [0.4, 0.5) is 0 Å². The summed E-state index contributed by atoms with van der Waals surface area (Å²) in [5.74, 6) is 1.43. The Morgan fingerprint density at radius 1 is 1.17 bits per heavy atom. The number of rotatable bonds is 2. The lowest BCUT2D eigenvalue weighted by molar-refractivity contribution is -0.129. The van der Waals surface area contributed by atoms with Crippen molar-refractivity contribution in [3.8, 4) is 0 Å².